The predicted octanol–water partition coefficient (Wildman–Crippen LogP) is 4.81. The maximum Gasteiger partial charge on any atom is 0.142 e. The molecule has 0 saturated heterocycles. The van der Waals surface area contributed by atoms with Crippen LogP contribution in [0.2, 0.25) is 5.02 Å². The number of Topliss-reactive ketones (excluding diaryl/α,β-unsaturated/α-hetero) is 1. The molecule has 1 heterocycles. The van der Waals surface area contributed by atoms with Gasteiger partial charge in [-0.05, 0) is 17.7 Å². The Hall–Kier alpha value is -0.930. The number of nitrogens with zero attached hydrogens (tertiary/aromatic N) is 1. The fourth-order valence-corrected chi connectivity index (χ4v) is 2.48. The monoisotopic (exact) mass is 339 g/mol. The molecule has 0 atom stereocenters. The van der Waals surface area contributed by atoms with Crippen molar-refractivity contribution in [3.8, 4) is 0 Å². The van der Waals surface area contributed by atoms with Crippen LogP contribution in [0.3, 0.4) is 0 Å². The standard InChI is InChI=1S/C15H15BrClNO/c1-15(2,3)13(19)8-10-11(16)5-4-9-12(17)6-7-18-14(9)10/h4-7H,8H2,1-3H3. The van der Waals surface area contributed by atoms with E-state index in [2.05, 4.69) is 20.9 Å². The van der Waals surface area contributed by atoms with E-state index in [1.807, 2.05) is 32.9 Å². The van der Waals surface area contributed by atoms with Crippen LogP contribution >= 0.6 is 27.5 Å². The Kier molecular flexibility index (Phi) is 3.98. The Balaban J connectivity index is 2.57. The minimum atomic E-state index is -0.361. The van der Waals surface area contributed by atoms with Crippen molar-refractivity contribution in [1.29, 1.82) is 0 Å². The molecule has 4 heteroatoms. The van der Waals surface area contributed by atoms with Crippen LogP contribution in [-0.2, 0) is 11.2 Å². The number of ketones is 1. The van der Waals surface area contributed by atoms with Crippen molar-refractivity contribution in [1.82, 2.24) is 4.98 Å². The van der Waals surface area contributed by atoms with Crippen LogP contribution < -0.4 is 0 Å². The van der Waals surface area contributed by atoms with E-state index in [0.717, 1.165) is 20.9 Å². The molecule has 0 N–H and O–H groups in total. The van der Waals surface area contributed by atoms with Gasteiger partial charge in [0.1, 0.15) is 5.78 Å². The Labute approximate surface area is 126 Å². The molecule has 2 aromatic rings. The van der Waals surface area contributed by atoms with Gasteiger partial charge in [-0.1, -0.05) is 54.4 Å². The number of fused-ring (bicyclic) bond motifs is 1. The highest BCUT2D eigenvalue weighted by Gasteiger charge is 2.23. The Morgan fingerprint density at radius 1 is 1.32 bits per heavy atom. The van der Waals surface area contributed by atoms with E-state index in [4.69, 9.17) is 11.6 Å². The van der Waals surface area contributed by atoms with Crippen LogP contribution in [0.15, 0.2) is 28.9 Å². The number of hydrogen-bond acceptors (Lipinski definition) is 2. The van der Waals surface area contributed by atoms with E-state index in [0.29, 0.717) is 11.4 Å². The topological polar surface area (TPSA) is 30.0 Å². The highest BCUT2D eigenvalue weighted by atomic mass is 79.9. The van der Waals surface area contributed by atoms with Gasteiger partial charge in [-0.25, -0.2) is 0 Å². The molecule has 0 radical (unpaired) electrons. The van der Waals surface area contributed by atoms with Crippen molar-refractivity contribution in [2.45, 2.75) is 27.2 Å². The predicted molar refractivity (Wildman–Crippen MR) is 82.6 cm³/mol. The molecule has 0 aliphatic heterocycles. The number of aromatic nitrogens is 1. The van der Waals surface area contributed by atoms with E-state index in [1.165, 1.54) is 0 Å². The summed E-state index contributed by atoms with van der Waals surface area (Å²) in [5.74, 6) is 0.183. The average molecular weight is 341 g/mol. The number of carbonyl (C=O) groups is 1. The smallest absolute Gasteiger partial charge is 0.142 e. The third kappa shape index (κ3) is 2.98. The summed E-state index contributed by atoms with van der Waals surface area (Å²) in [6.45, 7) is 5.78. The zero-order chi connectivity index (χ0) is 14.2. The summed E-state index contributed by atoms with van der Waals surface area (Å²) in [7, 11) is 0. The average Bonchev–Trinajstić information content (AvgIpc) is 2.31. The van der Waals surface area contributed by atoms with E-state index >= 15 is 0 Å². The molecule has 0 amide bonds. The first-order chi connectivity index (χ1) is 8.80. The van der Waals surface area contributed by atoms with Gasteiger partial charge in [0.05, 0.1) is 10.5 Å². The molecule has 2 nitrogen and oxygen atoms in total. The van der Waals surface area contributed by atoms with Crippen molar-refractivity contribution in [3.63, 3.8) is 0 Å². The lowest BCUT2D eigenvalue weighted by atomic mass is 9.86. The molecule has 0 aliphatic carbocycles. The lowest BCUT2D eigenvalue weighted by Gasteiger charge is -2.17. The second-order valence-electron chi connectivity index (χ2n) is 5.56. The molecular formula is C15H15BrClNO. The third-order valence-corrected chi connectivity index (χ3v) is 4.15. The number of halogens is 2. The van der Waals surface area contributed by atoms with Gasteiger partial charge in [-0.15, -0.1) is 0 Å². The summed E-state index contributed by atoms with van der Waals surface area (Å²) in [5.41, 5.74) is 1.33. The van der Waals surface area contributed by atoms with Gasteiger partial charge in [0.2, 0.25) is 0 Å². The van der Waals surface area contributed by atoms with Gasteiger partial charge in [-0.2, -0.15) is 0 Å². The summed E-state index contributed by atoms with van der Waals surface area (Å²) < 4.78 is 0.896. The zero-order valence-electron chi connectivity index (χ0n) is 11.1. The Morgan fingerprint density at radius 2 is 2.00 bits per heavy atom. The van der Waals surface area contributed by atoms with Crippen LogP contribution in [0, 0.1) is 5.41 Å². The lowest BCUT2D eigenvalue weighted by molar-refractivity contribution is -0.125. The summed E-state index contributed by atoms with van der Waals surface area (Å²) >= 11 is 9.67. The molecule has 0 unspecified atom stereocenters. The number of carbonyl (C=O) groups excluding carboxylic acids is 1. The maximum absolute atomic E-state index is 12.2. The third-order valence-electron chi connectivity index (χ3n) is 3.08. The Bertz CT molecular complexity index is 646. The van der Waals surface area contributed by atoms with Gasteiger partial charge in [0.25, 0.3) is 0 Å². The lowest BCUT2D eigenvalue weighted by Crippen LogP contribution is -2.22. The van der Waals surface area contributed by atoms with Crippen molar-refractivity contribution < 1.29 is 4.79 Å². The quantitative estimate of drug-likeness (QED) is 0.785. The molecule has 1 aromatic heterocycles. The fourth-order valence-electron chi connectivity index (χ4n) is 1.81. The summed E-state index contributed by atoms with van der Waals surface area (Å²) in [5, 5.41) is 1.53. The normalized spacial score (nSPS) is 11.8. The van der Waals surface area contributed by atoms with Crippen molar-refractivity contribution in [2.75, 3.05) is 0 Å². The number of benzene rings is 1. The van der Waals surface area contributed by atoms with Gasteiger partial charge in [-0.3, -0.25) is 9.78 Å². The first-order valence-electron chi connectivity index (χ1n) is 6.05. The first kappa shape index (κ1) is 14.5. The second kappa shape index (κ2) is 5.22. The van der Waals surface area contributed by atoms with Crippen LogP contribution in [-0.4, -0.2) is 10.8 Å². The van der Waals surface area contributed by atoms with Crippen molar-refractivity contribution in [3.05, 3.63) is 39.5 Å². The summed E-state index contributed by atoms with van der Waals surface area (Å²) in [6, 6.07) is 5.59. The molecule has 2 rings (SSSR count). The van der Waals surface area contributed by atoms with Gasteiger partial charge in [0.15, 0.2) is 0 Å². The van der Waals surface area contributed by atoms with E-state index in [9.17, 15) is 4.79 Å². The van der Waals surface area contributed by atoms with E-state index in [1.54, 1.807) is 12.3 Å². The SMILES string of the molecule is CC(C)(C)C(=O)Cc1c(Br)ccc2c(Cl)ccnc12. The van der Waals surface area contributed by atoms with Gasteiger partial charge in [0, 0.05) is 27.9 Å². The molecule has 0 fully saturated rings. The van der Waals surface area contributed by atoms with Crippen molar-refractivity contribution >= 4 is 44.2 Å². The van der Waals surface area contributed by atoms with E-state index in [-0.39, 0.29) is 11.2 Å². The van der Waals surface area contributed by atoms with Crippen LogP contribution in [0.5, 0.6) is 0 Å². The molecule has 19 heavy (non-hydrogen) atoms. The molecular weight excluding hydrogens is 326 g/mol. The van der Waals surface area contributed by atoms with Crippen molar-refractivity contribution in [2.24, 2.45) is 5.41 Å². The minimum absolute atomic E-state index is 0.183. The number of hydrogen-bond donors (Lipinski definition) is 0. The number of rotatable bonds is 2. The highest BCUT2D eigenvalue weighted by Crippen LogP contribution is 2.31. The maximum atomic E-state index is 12.2. The van der Waals surface area contributed by atoms with Crippen LogP contribution in [0.1, 0.15) is 26.3 Å². The molecule has 0 saturated carbocycles. The molecule has 0 spiro atoms. The fraction of sp³-hybridized carbons (Fsp3) is 0.333. The van der Waals surface area contributed by atoms with Crippen LogP contribution in [0.25, 0.3) is 10.9 Å². The summed E-state index contributed by atoms with van der Waals surface area (Å²) in [4.78, 5) is 16.6. The second-order valence-corrected chi connectivity index (χ2v) is 6.83. The molecule has 1 aromatic carbocycles. The largest absolute Gasteiger partial charge is 0.299 e. The van der Waals surface area contributed by atoms with Gasteiger partial charge >= 0.3 is 0 Å². The number of pyridine rings is 1. The molecule has 100 valence electrons. The minimum Gasteiger partial charge on any atom is -0.299 e. The molecule has 0 bridgehead atoms. The molecule has 0 aliphatic rings. The zero-order valence-corrected chi connectivity index (χ0v) is 13.5. The Morgan fingerprint density at radius 3 is 2.63 bits per heavy atom. The van der Waals surface area contributed by atoms with E-state index < -0.39 is 0 Å². The van der Waals surface area contributed by atoms with Crippen LogP contribution in [0.4, 0.5) is 0 Å². The van der Waals surface area contributed by atoms with Gasteiger partial charge < -0.3 is 0 Å². The highest BCUT2D eigenvalue weighted by molar-refractivity contribution is 9.10. The summed E-state index contributed by atoms with van der Waals surface area (Å²) in [6.07, 6.45) is 2.02. The first-order valence-corrected chi connectivity index (χ1v) is 7.22.